The van der Waals surface area contributed by atoms with Crippen molar-refractivity contribution in [1.29, 1.82) is 0 Å². The average molecular weight is 329 g/mol. The first-order valence-electron chi connectivity index (χ1n) is 8.49. The second-order valence-corrected chi connectivity index (χ2v) is 7.25. The maximum atomic E-state index is 12.8. The molecule has 130 valence electrons. The highest BCUT2D eigenvalue weighted by atomic mass is 16.2. The maximum Gasteiger partial charge on any atom is 0.239 e. The zero-order valence-electron chi connectivity index (χ0n) is 15.2. The number of likely N-dealkylation sites (N-methyl/N-ethyl adjacent to an activating group) is 1. The Hall–Kier alpha value is -1.92. The highest BCUT2D eigenvalue weighted by molar-refractivity contribution is 5.83. The van der Waals surface area contributed by atoms with Crippen molar-refractivity contribution in [3.8, 4) is 0 Å². The fraction of sp³-hybridized carbons (Fsp3) is 0.556. The molecule has 2 aromatic heterocycles. The molecule has 0 spiro atoms. The SMILES string of the molecule is Cc1cccn2c(C(C)(C)NC(=O)[C@@H]3CNCCN3C)nc(C)c12. The van der Waals surface area contributed by atoms with Gasteiger partial charge in [0.05, 0.1) is 16.7 Å². The third-order valence-corrected chi connectivity index (χ3v) is 4.85. The van der Waals surface area contributed by atoms with Crippen molar-refractivity contribution in [1.82, 2.24) is 24.9 Å². The van der Waals surface area contributed by atoms with Crippen molar-refractivity contribution >= 4 is 11.4 Å². The lowest BCUT2D eigenvalue weighted by molar-refractivity contribution is -0.128. The molecular weight excluding hydrogens is 302 g/mol. The van der Waals surface area contributed by atoms with Crippen molar-refractivity contribution in [2.24, 2.45) is 0 Å². The van der Waals surface area contributed by atoms with Crippen LogP contribution < -0.4 is 10.6 Å². The number of fused-ring (bicyclic) bond motifs is 1. The lowest BCUT2D eigenvalue weighted by Crippen LogP contribution is -2.58. The summed E-state index contributed by atoms with van der Waals surface area (Å²) in [6.45, 7) is 10.6. The molecule has 2 aromatic rings. The Bertz CT molecular complexity index is 764. The standard InChI is InChI=1S/C18H27N5O/c1-12-7-6-9-23-15(12)13(2)20-17(23)18(3,4)21-16(24)14-11-19-8-10-22(14)5/h6-7,9,14,19H,8,10-11H2,1-5H3,(H,21,24)/t14-/m0/s1. The number of aryl methyl sites for hydroxylation is 2. The van der Waals surface area contributed by atoms with Gasteiger partial charge in [-0.05, 0) is 46.4 Å². The van der Waals surface area contributed by atoms with E-state index < -0.39 is 5.54 Å². The largest absolute Gasteiger partial charge is 0.343 e. The van der Waals surface area contributed by atoms with Crippen molar-refractivity contribution in [3.05, 3.63) is 35.4 Å². The van der Waals surface area contributed by atoms with Crippen LogP contribution in [0.2, 0.25) is 0 Å². The third-order valence-electron chi connectivity index (χ3n) is 4.85. The first-order chi connectivity index (χ1) is 11.3. The molecular formula is C18H27N5O. The molecule has 1 atom stereocenters. The smallest absolute Gasteiger partial charge is 0.239 e. The van der Waals surface area contributed by atoms with Gasteiger partial charge in [-0.2, -0.15) is 0 Å². The molecule has 0 unspecified atom stereocenters. The fourth-order valence-electron chi connectivity index (χ4n) is 3.51. The van der Waals surface area contributed by atoms with Crippen LogP contribution in [-0.2, 0) is 10.3 Å². The monoisotopic (exact) mass is 329 g/mol. The van der Waals surface area contributed by atoms with Gasteiger partial charge in [0.25, 0.3) is 0 Å². The summed E-state index contributed by atoms with van der Waals surface area (Å²) in [7, 11) is 2.00. The number of hydrogen-bond acceptors (Lipinski definition) is 4. The number of rotatable bonds is 3. The van der Waals surface area contributed by atoms with E-state index in [-0.39, 0.29) is 11.9 Å². The van der Waals surface area contributed by atoms with E-state index >= 15 is 0 Å². The number of aromatic nitrogens is 2. The van der Waals surface area contributed by atoms with Crippen LogP contribution in [0.5, 0.6) is 0 Å². The first kappa shape index (κ1) is 16.9. The van der Waals surface area contributed by atoms with E-state index in [1.54, 1.807) is 0 Å². The summed E-state index contributed by atoms with van der Waals surface area (Å²) in [5.41, 5.74) is 2.74. The van der Waals surface area contributed by atoms with Gasteiger partial charge in [-0.1, -0.05) is 6.07 Å². The molecule has 1 saturated heterocycles. The van der Waals surface area contributed by atoms with Crippen LogP contribution in [0, 0.1) is 13.8 Å². The number of pyridine rings is 1. The Morgan fingerprint density at radius 2 is 2.17 bits per heavy atom. The molecule has 0 radical (unpaired) electrons. The molecule has 2 N–H and O–H groups in total. The molecule has 1 aliphatic heterocycles. The minimum atomic E-state index is -0.555. The van der Waals surface area contributed by atoms with Crippen LogP contribution in [0.25, 0.3) is 5.52 Å². The van der Waals surface area contributed by atoms with Crippen molar-refractivity contribution in [3.63, 3.8) is 0 Å². The molecule has 3 rings (SSSR count). The average Bonchev–Trinajstić information content (AvgIpc) is 2.86. The van der Waals surface area contributed by atoms with Crippen LogP contribution >= 0.6 is 0 Å². The summed E-state index contributed by atoms with van der Waals surface area (Å²) >= 11 is 0. The Morgan fingerprint density at radius 3 is 2.88 bits per heavy atom. The minimum absolute atomic E-state index is 0.0387. The molecule has 6 nitrogen and oxygen atoms in total. The highest BCUT2D eigenvalue weighted by Crippen LogP contribution is 2.25. The summed E-state index contributed by atoms with van der Waals surface area (Å²) in [5, 5.41) is 6.48. The van der Waals surface area contributed by atoms with E-state index in [2.05, 4.69) is 32.9 Å². The van der Waals surface area contributed by atoms with Gasteiger partial charge in [-0.15, -0.1) is 0 Å². The Kier molecular flexibility index (Phi) is 4.36. The van der Waals surface area contributed by atoms with E-state index in [4.69, 9.17) is 4.98 Å². The number of carbonyl (C=O) groups excluding carboxylic acids is 1. The van der Waals surface area contributed by atoms with E-state index in [1.165, 1.54) is 5.56 Å². The van der Waals surface area contributed by atoms with Gasteiger partial charge < -0.3 is 15.0 Å². The van der Waals surface area contributed by atoms with Gasteiger partial charge >= 0.3 is 0 Å². The van der Waals surface area contributed by atoms with E-state index in [9.17, 15) is 4.79 Å². The van der Waals surface area contributed by atoms with Crippen LogP contribution in [0.15, 0.2) is 18.3 Å². The predicted molar refractivity (Wildman–Crippen MR) is 95.1 cm³/mol. The van der Waals surface area contributed by atoms with Gasteiger partial charge in [-0.3, -0.25) is 9.69 Å². The van der Waals surface area contributed by atoms with Crippen LogP contribution in [-0.4, -0.2) is 52.9 Å². The molecule has 0 aliphatic carbocycles. The van der Waals surface area contributed by atoms with E-state index in [0.29, 0.717) is 6.54 Å². The molecule has 0 aromatic carbocycles. The van der Waals surface area contributed by atoms with E-state index in [0.717, 1.165) is 30.1 Å². The fourth-order valence-corrected chi connectivity index (χ4v) is 3.51. The second-order valence-electron chi connectivity index (χ2n) is 7.25. The van der Waals surface area contributed by atoms with Gasteiger partial charge in [0.2, 0.25) is 5.91 Å². The number of nitrogens with zero attached hydrogens (tertiary/aromatic N) is 3. The van der Waals surface area contributed by atoms with Gasteiger partial charge in [0.15, 0.2) is 0 Å². The second kappa shape index (κ2) is 6.18. The summed E-state index contributed by atoms with van der Waals surface area (Å²) in [4.78, 5) is 19.6. The summed E-state index contributed by atoms with van der Waals surface area (Å²) < 4.78 is 2.09. The molecule has 6 heteroatoms. The zero-order valence-corrected chi connectivity index (χ0v) is 15.2. The topological polar surface area (TPSA) is 61.7 Å². The van der Waals surface area contributed by atoms with Crippen LogP contribution in [0.3, 0.4) is 0 Å². The quantitative estimate of drug-likeness (QED) is 0.888. The summed E-state index contributed by atoms with van der Waals surface area (Å²) in [5.74, 6) is 0.898. The zero-order chi connectivity index (χ0) is 17.5. The van der Waals surface area contributed by atoms with Crippen LogP contribution in [0.1, 0.15) is 30.9 Å². The Balaban J connectivity index is 1.91. The number of hydrogen-bond donors (Lipinski definition) is 2. The van der Waals surface area contributed by atoms with Gasteiger partial charge in [0.1, 0.15) is 11.9 Å². The molecule has 24 heavy (non-hydrogen) atoms. The molecule has 1 aliphatic rings. The number of imidazole rings is 1. The van der Waals surface area contributed by atoms with Gasteiger partial charge in [-0.25, -0.2) is 4.98 Å². The van der Waals surface area contributed by atoms with Crippen molar-refractivity contribution in [2.75, 3.05) is 26.7 Å². The molecule has 0 bridgehead atoms. The Labute approximate surface area is 143 Å². The lowest BCUT2D eigenvalue weighted by Gasteiger charge is -2.35. The molecule has 3 heterocycles. The molecule has 1 amide bonds. The number of nitrogens with one attached hydrogen (secondary N) is 2. The molecule has 1 fully saturated rings. The third kappa shape index (κ3) is 2.91. The number of carbonyl (C=O) groups is 1. The van der Waals surface area contributed by atoms with Crippen LogP contribution in [0.4, 0.5) is 0 Å². The summed E-state index contributed by atoms with van der Waals surface area (Å²) in [6.07, 6.45) is 2.01. The van der Waals surface area contributed by atoms with Crippen molar-refractivity contribution in [2.45, 2.75) is 39.3 Å². The number of amides is 1. The first-order valence-corrected chi connectivity index (χ1v) is 8.49. The maximum absolute atomic E-state index is 12.8. The minimum Gasteiger partial charge on any atom is -0.343 e. The predicted octanol–water partition coefficient (Wildman–Crippen LogP) is 1.21. The number of piperazine rings is 1. The van der Waals surface area contributed by atoms with E-state index in [1.807, 2.05) is 40.1 Å². The molecule has 0 saturated carbocycles. The van der Waals surface area contributed by atoms with Gasteiger partial charge in [0, 0.05) is 25.8 Å². The van der Waals surface area contributed by atoms with Crippen molar-refractivity contribution < 1.29 is 4.79 Å². The lowest BCUT2D eigenvalue weighted by atomic mass is 10.0. The Morgan fingerprint density at radius 1 is 1.42 bits per heavy atom. The summed E-state index contributed by atoms with van der Waals surface area (Å²) in [6, 6.07) is 3.96. The normalized spacial score (nSPS) is 19.6. The highest BCUT2D eigenvalue weighted by Gasteiger charge is 2.33.